The molecule has 27 heavy (non-hydrogen) atoms. The molecule has 2 aliphatic rings. The summed E-state index contributed by atoms with van der Waals surface area (Å²) in [6.45, 7) is 9.67. The van der Waals surface area contributed by atoms with E-state index in [1.807, 2.05) is 32.0 Å². The Morgan fingerprint density at radius 2 is 2.04 bits per heavy atom. The van der Waals surface area contributed by atoms with Crippen LogP contribution in [-0.4, -0.2) is 51.5 Å². The highest BCUT2D eigenvalue weighted by molar-refractivity contribution is 5.95. The van der Waals surface area contributed by atoms with Crippen LogP contribution in [0, 0.1) is 13.8 Å². The predicted octanol–water partition coefficient (Wildman–Crippen LogP) is 0.390. The highest BCUT2D eigenvalue weighted by Crippen LogP contribution is 2.30. The zero-order valence-corrected chi connectivity index (χ0v) is 16.2. The van der Waals surface area contributed by atoms with Crippen LogP contribution in [0.1, 0.15) is 29.7 Å². The van der Waals surface area contributed by atoms with Gasteiger partial charge >= 0.3 is 12.0 Å². The number of carbonyl (C=O) groups excluding carboxylic acids is 2. The second-order valence-corrected chi connectivity index (χ2v) is 7.04. The number of urea groups is 1. The fraction of sp³-hybridized carbons (Fsp3) is 0.500. The molecule has 1 atom stereocenters. The van der Waals surface area contributed by atoms with E-state index in [-0.39, 0.29) is 12.6 Å². The Hall–Kier alpha value is -2.38. The lowest BCUT2D eigenvalue weighted by molar-refractivity contribution is -0.903. The molecule has 0 saturated carbocycles. The molecule has 1 aromatic rings. The molecule has 3 rings (SSSR count). The zero-order valence-electron chi connectivity index (χ0n) is 16.2. The maximum atomic E-state index is 12.8. The number of hydrogen-bond acceptors (Lipinski definition) is 4. The summed E-state index contributed by atoms with van der Waals surface area (Å²) >= 11 is 0. The second-order valence-electron chi connectivity index (χ2n) is 7.04. The van der Waals surface area contributed by atoms with Crippen molar-refractivity contribution in [1.29, 1.82) is 0 Å². The number of benzene rings is 1. The molecular weight excluding hydrogens is 346 g/mol. The predicted molar refractivity (Wildman–Crippen MR) is 100 cm³/mol. The number of carbonyl (C=O) groups is 2. The number of nitrogens with one attached hydrogen (secondary N) is 3. The van der Waals surface area contributed by atoms with Crippen LogP contribution in [0.4, 0.5) is 4.79 Å². The van der Waals surface area contributed by atoms with Crippen LogP contribution in [-0.2, 0) is 14.3 Å². The van der Waals surface area contributed by atoms with Gasteiger partial charge in [0.1, 0.15) is 19.6 Å². The van der Waals surface area contributed by atoms with E-state index in [0.717, 1.165) is 29.8 Å². The van der Waals surface area contributed by atoms with Gasteiger partial charge in [0.25, 0.3) is 0 Å². The third-order valence-corrected chi connectivity index (χ3v) is 5.02. The lowest BCUT2D eigenvalue weighted by atomic mass is 9.91. The van der Waals surface area contributed by atoms with Crippen LogP contribution in [0.3, 0.4) is 0 Å². The summed E-state index contributed by atoms with van der Waals surface area (Å²) in [6.07, 6.45) is 0. The minimum absolute atomic E-state index is 0.285. The molecule has 1 fully saturated rings. The van der Waals surface area contributed by atoms with Gasteiger partial charge < -0.3 is 25.0 Å². The Labute approximate surface area is 159 Å². The first kappa shape index (κ1) is 19.4. The molecule has 0 unspecified atom stereocenters. The number of morpholine rings is 1. The molecule has 2 amide bonds. The van der Waals surface area contributed by atoms with Gasteiger partial charge in [-0.15, -0.1) is 0 Å². The summed E-state index contributed by atoms with van der Waals surface area (Å²) < 4.78 is 10.7. The highest BCUT2D eigenvalue weighted by Gasteiger charge is 2.36. The maximum absolute atomic E-state index is 12.8. The fourth-order valence-corrected chi connectivity index (χ4v) is 3.60. The van der Waals surface area contributed by atoms with Gasteiger partial charge in [0, 0.05) is 0 Å². The summed E-state index contributed by atoms with van der Waals surface area (Å²) in [5, 5.41) is 5.77. The molecule has 0 spiro atoms. The fourth-order valence-electron chi connectivity index (χ4n) is 3.60. The molecule has 146 valence electrons. The zero-order chi connectivity index (χ0) is 19.4. The van der Waals surface area contributed by atoms with Crippen molar-refractivity contribution in [2.45, 2.75) is 26.8 Å². The van der Waals surface area contributed by atoms with Crippen LogP contribution >= 0.6 is 0 Å². The molecule has 1 saturated heterocycles. The van der Waals surface area contributed by atoms with Crippen molar-refractivity contribution in [1.82, 2.24) is 10.6 Å². The summed E-state index contributed by atoms with van der Waals surface area (Å²) in [4.78, 5) is 26.5. The van der Waals surface area contributed by atoms with E-state index in [1.165, 1.54) is 4.90 Å². The molecule has 0 bridgehead atoms. The van der Waals surface area contributed by atoms with Gasteiger partial charge in [-0.1, -0.05) is 23.8 Å². The molecule has 7 heteroatoms. The third-order valence-electron chi connectivity index (χ3n) is 5.02. The molecule has 0 radical (unpaired) electrons. The van der Waals surface area contributed by atoms with E-state index < -0.39 is 12.0 Å². The number of esters is 1. The Morgan fingerprint density at radius 1 is 1.30 bits per heavy atom. The van der Waals surface area contributed by atoms with Crippen molar-refractivity contribution in [2.75, 3.05) is 39.5 Å². The molecule has 3 N–H and O–H groups in total. The van der Waals surface area contributed by atoms with E-state index in [9.17, 15) is 9.59 Å². The van der Waals surface area contributed by atoms with Gasteiger partial charge in [-0.25, -0.2) is 9.59 Å². The SMILES string of the molecule is CCOC(=O)C1=C(C[NH+]2CCOCC2)NC(=O)N[C@H]1c1cc(C)ccc1C. The number of quaternary nitrogens is 1. The van der Waals surface area contributed by atoms with Crippen molar-refractivity contribution >= 4 is 12.0 Å². The molecule has 7 nitrogen and oxygen atoms in total. The van der Waals surface area contributed by atoms with Crippen molar-refractivity contribution in [3.05, 3.63) is 46.2 Å². The Kier molecular flexibility index (Phi) is 6.13. The van der Waals surface area contributed by atoms with Gasteiger partial charge in [-0.05, 0) is 31.9 Å². The van der Waals surface area contributed by atoms with E-state index in [1.54, 1.807) is 6.92 Å². The van der Waals surface area contributed by atoms with Crippen LogP contribution in [0.5, 0.6) is 0 Å². The number of ether oxygens (including phenoxy) is 2. The minimum Gasteiger partial charge on any atom is -0.463 e. The van der Waals surface area contributed by atoms with Crippen LogP contribution in [0.2, 0.25) is 0 Å². The number of rotatable bonds is 5. The lowest BCUT2D eigenvalue weighted by Crippen LogP contribution is -3.14. The smallest absolute Gasteiger partial charge is 0.338 e. The van der Waals surface area contributed by atoms with Gasteiger partial charge in [0.2, 0.25) is 0 Å². The van der Waals surface area contributed by atoms with Crippen LogP contribution < -0.4 is 15.5 Å². The molecule has 2 heterocycles. The molecule has 1 aromatic carbocycles. The second kappa shape index (κ2) is 8.54. The molecule has 0 aliphatic carbocycles. The topological polar surface area (TPSA) is 81.1 Å². The monoisotopic (exact) mass is 374 g/mol. The Balaban J connectivity index is 2.03. The molecule has 2 aliphatic heterocycles. The minimum atomic E-state index is -0.520. The average Bonchev–Trinajstić information content (AvgIpc) is 2.64. The van der Waals surface area contributed by atoms with Gasteiger partial charge in [0.05, 0.1) is 37.1 Å². The van der Waals surface area contributed by atoms with Gasteiger partial charge in [-0.3, -0.25) is 0 Å². The Morgan fingerprint density at radius 3 is 2.74 bits per heavy atom. The maximum Gasteiger partial charge on any atom is 0.338 e. The van der Waals surface area contributed by atoms with Crippen LogP contribution in [0.15, 0.2) is 29.5 Å². The standard InChI is InChI=1S/C20H27N3O4/c1-4-27-19(24)17-16(12-23-7-9-26-10-8-23)21-20(25)22-18(17)15-11-13(2)5-6-14(15)3/h5-6,11,18H,4,7-10,12H2,1-3H3,(H2,21,22,25)/p+1/t18-/m0/s1. The van der Waals surface area contributed by atoms with E-state index in [4.69, 9.17) is 9.47 Å². The highest BCUT2D eigenvalue weighted by atomic mass is 16.5. The first-order chi connectivity index (χ1) is 13.0. The molecular formula is C20H28N3O4+. The van der Waals surface area contributed by atoms with Crippen molar-refractivity contribution in [2.24, 2.45) is 0 Å². The summed E-state index contributed by atoms with van der Waals surface area (Å²) in [7, 11) is 0. The number of hydrogen-bond donors (Lipinski definition) is 3. The van der Waals surface area contributed by atoms with Crippen LogP contribution in [0.25, 0.3) is 0 Å². The number of amides is 2. The largest absolute Gasteiger partial charge is 0.463 e. The van der Waals surface area contributed by atoms with Crippen molar-refractivity contribution in [3.63, 3.8) is 0 Å². The first-order valence-corrected chi connectivity index (χ1v) is 9.45. The number of aryl methyl sites for hydroxylation is 2. The van der Waals surface area contributed by atoms with E-state index in [2.05, 4.69) is 10.6 Å². The summed E-state index contributed by atoms with van der Waals surface area (Å²) in [5.41, 5.74) is 4.14. The lowest BCUT2D eigenvalue weighted by Gasteiger charge is -2.32. The Bertz CT molecular complexity index is 754. The molecule has 0 aromatic heterocycles. The quantitative estimate of drug-likeness (QED) is 0.652. The van der Waals surface area contributed by atoms with Gasteiger partial charge in [-0.2, -0.15) is 0 Å². The third kappa shape index (κ3) is 4.48. The summed E-state index contributed by atoms with van der Waals surface area (Å²) in [5.74, 6) is -0.390. The summed E-state index contributed by atoms with van der Waals surface area (Å²) in [6, 6.07) is 5.23. The average molecular weight is 374 g/mol. The van der Waals surface area contributed by atoms with E-state index >= 15 is 0 Å². The van der Waals surface area contributed by atoms with Crippen molar-refractivity contribution < 1.29 is 24.0 Å². The normalized spacial score (nSPS) is 20.9. The van der Waals surface area contributed by atoms with Gasteiger partial charge in [0.15, 0.2) is 0 Å². The van der Waals surface area contributed by atoms with E-state index in [0.29, 0.717) is 31.0 Å². The van der Waals surface area contributed by atoms with Crippen molar-refractivity contribution in [3.8, 4) is 0 Å². The first-order valence-electron chi connectivity index (χ1n) is 9.45.